The summed E-state index contributed by atoms with van der Waals surface area (Å²) in [6.07, 6.45) is 0. The molecule has 0 aliphatic carbocycles. The molecule has 2 N–H and O–H groups in total. The molecule has 0 aliphatic rings. The Hall–Kier alpha value is -2.61. The predicted molar refractivity (Wildman–Crippen MR) is 72.0 cm³/mol. The molecule has 0 radical (unpaired) electrons. The van der Waals surface area contributed by atoms with E-state index < -0.39 is 14.9 Å². The summed E-state index contributed by atoms with van der Waals surface area (Å²) in [5, 5.41) is 19.6. The number of nitrogens with zero attached hydrogens (tertiary/aromatic N) is 1. The number of rotatable bonds is 4. The third-order valence-electron chi connectivity index (χ3n) is 2.48. The van der Waals surface area contributed by atoms with Crippen molar-refractivity contribution in [2.24, 2.45) is 0 Å². The summed E-state index contributed by atoms with van der Waals surface area (Å²) in [7, 11) is -3.79. The highest BCUT2D eigenvalue weighted by Crippen LogP contribution is 2.20. The van der Waals surface area contributed by atoms with E-state index in [0.29, 0.717) is 0 Å². The molecule has 7 nitrogen and oxygen atoms in total. The maximum Gasteiger partial charge on any atom is 0.269 e. The summed E-state index contributed by atoms with van der Waals surface area (Å²) in [6.45, 7) is 0. The number of nitro benzene ring substituents is 1. The van der Waals surface area contributed by atoms with Crippen molar-refractivity contribution in [2.75, 3.05) is 4.72 Å². The molecular weight excluding hydrogens is 284 g/mol. The van der Waals surface area contributed by atoms with Gasteiger partial charge in [0.1, 0.15) is 5.75 Å². The van der Waals surface area contributed by atoms with Gasteiger partial charge in [-0.05, 0) is 36.4 Å². The molecule has 20 heavy (non-hydrogen) atoms. The summed E-state index contributed by atoms with van der Waals surface area (Å²) in [4.78, 5) is 9.90. The van der Waals surface area contributed by atoms with Crippen LogP contribution in [0.1, 0.15) is 0 Å². The first-order valence-corrected chi connectivity index (χ1v) is 6.93. The number of anilines is 1. The van der Waals surface area contributed by atoms with Crippen LogP contribution in [0.5, 0.6) is 5.75 Å². The van der Waals surface area contributed by atoms with E-state index in [2.05, 4.69) is 4.72 Å². The lowest BCUT2D eigenvalue weighted by Gasteiger charge is -2.07. The van der Waals surface area contributed by atoms with E-state index in [9.17, 15) is 18.5 Å². The Morgan fingerprint density at radius 3 is 2.05 bits per heavy atom. The van der Waals surface area contributed by atoms with Crippen LogP contribution < -0.4 is 4.72 Å². The summed E-state index contributed by atoms with van der Waals surface area (Å²) >= 11 is 0. The zero-order valence-electron chi connectivity index (χ0n) is 10.1. The van der Waals surface area contributed by atoms with Gasteiger partial charge in [0, 0.05) is 17.8 Å². The van der Waals surface area contributed by atoms with Crippen LogP contribution in [-0.4, -0.2) is 18.4 Å². The third-order valence-corrected chi connectivity index (χ3v) is 3.87. The first kappa shape index (κ1) is 13.8. The summed E-state index contributed by atoms with van der Waals surface area (Å²) in [5.41, 5.74) is 0.0845. The summed E-state index contributed by atoms with van der Waals surface area (Å²) in [6, 6.07) is 10.0. The lowest BCUT2D eigenvalue weighted by Crippen LogP contribution is -2.12. The fraction of sp³-hybridized carbons (Fsp3) is 0. The Bertz CT molecular complexity index is 723. The van der Waals surface area contributed by atoms with Gasteiger partial charge in [0.05, 0.1) is 9.82 Å². The second kappa shape index (κ2) is 5.17. The Morgan fingerprint density at radius 1 is 1.00 bits per heavy atom. The van der Waals surface area contributed by atoms with Crippen LogP contribution >= 0.6 is 0 Å². The van der Waals surface area contributed by atoms with Gasteiger partial charge >= 0.3 is 0 Å². The maximum atomic E-state index is 12.0. The number of sulfonamides is 1. The molecule has 0 heterocycles. The van der Waals surface area contributed by atoms with Crippen molar-refractivity contribution in [3.05, 3.63) is 58.6 Å². The molecule has 0 atom stereocenters. The molecule has 0 fully saturated rings. The van der Waals surface area contributed by atoms with Gasteiger partial charge in [-0.25, -0.2) is 8.42 Å². The zero-order chi connectivity index (χ0) is 14.8. The molecule has 0 saturated carbocycles. The third kappa shape index (κ3) is 3.04. The van der Waals surface area contributed by atoms with E-state index in [-0.39, 0.29) is 22.0 Å². The van der Waals surface area contributed by atoms with Crippen molar-refractivity contribution < 1.29 is 18.4 Å². The second-order valence-electron chi connectivity index (χ2n) is 3.90. The molecule has 0 bridgehead atoms. The van der Waals surface area contributed by atoms with Gasteiger partial charge in [0.25, 0.3) is 15.7 Å². The first-order valence-electron chi connectivity index (χ1n) is 5.45. The number of nitro groups is 1. The average Bonchev–Trinajstić information content (AvgIpc) is 2.39. The largest absolute Gasteiger partial charge is 0.508 e. The minimum Gasteiger partial charge on any atom is -0.508 e. The Morgan fingerprint density at radius 2 is 1.55 bits per heavy atom. The smallest absolute Gasteiger partial charge is 0.269 e. The van der Waals surface area contributed by atoms with Gasteiger partial charge in [0.15, 0.2) is 0 Å². The van der Waals surface area contributed by atoms with Crippen LogP contribution in [0.3, 0.4) is 0 Å². The molecule has 2 aromatic carbocycles. The van der Waals surface area contributed by atoms with E-state index in [1.54, 1.807) is 0 Å². The highest BCUT2D eigenvalue weighted by Gasteiger charge is 2.14. The van der Waals surface area contributed by atoms with Gasteiger partial charge in [-0.3, -0.25) is 14.8 Å². The highest BCUT2D eigenvalue weighted by molar-refractivity contribution is 7.92. The van der Waals surface area contributed by atoms with Gasteiger partial charge in [-0.2, -0.15) is 0 Å². The number of phenolic OH excluding ortho intramolecular Hbond substituents is 1. The van der Waals surface area contributed by atoms with E-state index in [1.165, 1.54) is 48.5 Å². The quantitative estimate of drug-likeness (QED) is 0.663. The Kier molecular flexibility index (Phi) is 3.57. The number of non-ortho nitro benzene ring substituents is 1. The fourth-order valence-electron chi connectivity index (χ4n) is 1.49. The first-order chi connectivity index (χ1) is 9.38. The van der Waals surface area contributed by atoms with E-state index in [0.717, 1.165) is 0 Å². The van der Waals surface area contributed by atoms with Crippen LogP contribution in [0.4, 0.5) is 11.4 Å². The zero-order valence-corrected chi connectivity index (χ0v) is 10.9. The number of phenols is 1. The van der Waals surface area contributed by atoms with Crippen LogP contribution in [-0.2, 0) is 10.0 Å². The fourth-order valence-corrected chi connectivity index (χ4v) is 2.55. The second-order valence-corrected chi connectivity index (χ2v) is 5.59. The van der Waals surface area contributed by atoms with Crippen LogP contribution in [0.15, 0.2) is 53.4 Å². The molecule has 0 unspecified atom stereocenters. The lowest BCUT2D eigenvalue weighted by molar-refractivity contribution is -0.384. The molecule has 0 spiro atoms. The monoisotopic (exact) mass is 294 g/mol. The number of aromatic hydroxyl groups is 1. The highest BCUT2D eigenvalue weighted by atomic mass is 32.2. The van der Waals surface area contributed by atoms with Crippen molar-refractivity contribution >= 4 is 21.4 Å². The van der Waals surface area contributed by atoms with Crippen molar-refractivity contribution in [1.29, 1.82) is 0 Å². The number of hydrogen-bond acceptors (Lipinski definition) is 5. The van der Waals surface area contributed by atoms with Gasteiger partial charge in [-0.1, -0.05) is 0 Å². The van der Waals surface area contributed by atoms with Crippen molar-refractivity contribution in [3.63, 3.8) is 0 Å². The minimum atomic E-state index is -3.79. The molecule has 8 heteroatoms. The molecule has 0 amide bonds. The summed E-state index contributed by atoms with van der Waals surface area (Å²) in [5.74, 6) is -0.0423. The maximum absolute atomic E-state index is 12.0. The van der Waals surface area contributed by atoms with Gasteiger partial charge in [0.2, 0.25) is 0 Å². The average molecular weight is 294 g/mol. The molecular formula is C12H10N2O5S. The molecule has 104 valence electrons. The molecule has 0 saturated heterocycles. The number of hydrogen-bond donors (Lipinski definition) is 2. The molecule has 0 aliphatic heterocycles. The lowest BCUT2D eigenvalue weighted by atomic mass is 10.3. The SMILES string of the molecule is O=[N+]([O-])c1ccc(NS(=O)(=O)c2ccc(O)cc2)cc1. The van der Waals surface area contributed by atoms with Gasteiger partial charge in [-0.15, -0.1) is 0 Å². The van der Waals surface area contributed by atoms with Crippen molar-refractivity contribution in [2.45, 2.75) is 4.90 Å². The Balaban J connectivity index is 2.24. The number of nitrogens with one attached hydrogen (secondary N) is 1. The van der Waals surface area contributed by atoms with Crippen molar-refractivity contribution in [1.82, 2.24) is 0 Å². The van der Waals surface area contributed by atoms with Crippen LogP contribution in [0, 0.1) is 10.1 Å². The minimum absolute atomic E-state index is 0.0198. The van der Waals surface area contributed by atoms with Crippen LogP contribution in [0.2, 0.25) is 0 Å². The molecule has 2 aromatic rings. The van der Waals surface area contributed by atoms with Crippen LogP contribution in [0.25, 0.3) is 0 Å². The van der Waals surface area contributed by atoms with Crippen molar-refractivity contribution in [3.8, 4) is 5.75 Å². The number of benzene rings is 2. The van der Waals surface area contributed by atoms with Gasteiger partial charge < -0.3 is 5.11 Å². The molecule has 2 rings (SSSR count). The Labute approximate surface area is 114 Å². The topological polar surface area (TPSA) is 110 Å². The normalized spacial score (nSPS) is 11.0. The summed E-state index contributed by atoms with van der Waals surface area (Å²) < 4.78 is 26.3. The van der Waals surface area contributed by atoms with E-state index in [4.69, 9.17) is 5.11 Å². The standard InChI is InChI=1S/C12H10N2O5S/c15-11-5-7-12(8-6-11)20(18,19)13-9-1-3-10(4-2-9)14(16)17/h1-8,13,15H. The van der Waals surface area contributed by atoms with E-state index in [1.807, 2.05) is 0 Å². The molecule has 0 aromatic heterocycles. The van der Waals surface area contributed by atoms with E-state index >= 15 is 0 Å². The predicted octanol–water partition coefficient (Wildman–Crippen LogP) is 2.10.